The monoisotopic (exact) mass is 416 g/mol. The summed E-state index contributed by atoms with van der Waals surface area (Å²) in [7, 11) is 2.87. The van der Waals surface area contributed by atoms with Gasteiger partial charge in [0.15, 0.2) is 0 Å². The van der Waals surface area contributed by atoms with Crippen molar-refractivity contribution >= 4 is 35.2 Å². The molecular weight excluding hydrogens is 392 g/mol. The fourth-order valence-electron chi connectivity index (χ4n) is 2.46. The number of carbonyl (C=O) groups excluding carboxylic acids is 3. The highest BCUT2D eigenvalue weighted by atomic mass is 32.2. The molecule has 0 spiro atoms. The van der Waals surface area contributed by atoms with Gasteiger partial charge in [0.05, 0.1) is 30.6 Å². The van der Waals surface area contributed by atoms with Gasteiger partial charge in [-0.3, -0.25) is 9.59 Å². The molecule has 2 aromatic carbocycles. The van der Waals surface area contributed by atoms with E-state index in [-0.39, 0.29) is 17.6 Å². The van der Waals surface area contributed by atoms with Crippen LogP contribution in [0.15, 0.2) is 47.4 Å². The predicted octanol–water partition coefficient (Wildman–Crippen LogP) is 2.89. The topological polar surface area (TPSA) is 93.7 Å². The van der Waals surface area contributed by atoms with Crippen molar-refractivity contribution in [2.45, 2.75) is 11.8 Å². The molecule has 2 rings (SSSR count). The number of carbonyl (C=O) groups is 3. The summed E-state index contributed by atoms with van der Waals surface area (Å²) in [4.78, 5) is 37.2. The smallest absolute Gasteiger partial charge is 0.337 e. The van der Waals surface area contributed by atoms with Crippen molar-refractivity contribution in [2.75, 3.05) is 38.4 Å². The molecule has 29 heavy (non-hydrogen) atoms. The Kier molecular flexibility index (Phi) is 8.69. The van der Waals surface area contributed by atoms with Crippen LogP contribution in [0.3, 0.4) is 0 Å². The second-order valence-electron chi connectivity index (χ2n) is 6.10. The van der Waals surface area contributed by atoms with Gasteiger partial charge in [-0.2, -0.15) is 0 Å². The molecule has 0 unspecified atom stereocenters. The standard InChI is InChI=1S/C21H24N2O5S/c1-14-8-9-15(21(26)28-3)12-17(14)23-20(25)16-6-4-5-7-18(16)29-13-19(24)22-10-11-27-2/h4-9,12H,10-11,13H2,1-3H3,(H,22,24)(H,23,25). The molecule has 154 valence electrons. The first-order valence-corrected chi connectivity index (χ1v) is 9.92. The van der Waals surface area contributed by atoms with Gasteiger partial charge in [0, 0.05) is 24.2 Å². The molecule has 0 saturated carbocycles. The number of esters is 1. The lowest BCUT2D eigenvalue weighted by atomic mass is 10.1. The third-order valence-corrected chi connectivity index (χ3v) is 5.10. The van der Waals surface area contributed by atoms with Crippen LogP contribution in [0, 0.1) is 6.92 Å². The largest absolute Gasteiger partial charge is 0.465 e. The molecule has 0 aliphatic rings. The summed E-state index contributed by atoms with van der Waals surface area (Å²) in [6.07, 6.45) is 0. The Morgan fingerprint density at radius 1 is 1.07 bits per heavy atom. The maximum absolute atomic E-state index is 12.8. The zero-order chi connectivity index (χ0) is 21.2. The molecule has 0 heterocycles. The Bertz CT molecular complexity index is 885. The van der Waals surface area contributed by atoms with Gasteiger partial charge in [-0.25, -0.2) is 4.79 Å². The number of rotatable bonds is 9. The van der Waals surface area contributed by atoms with Gasteiger partial charge in [0.1, 0.15) is 0 Å². The van der Waals surface area contributed by atoms with Crippen LogP contribution in [-0.2, 0) is 14.3 Å². The number of hydrogen-bond donors (Lipinski definition) is 2. The maximum atomic E-state index is 12.8. The van der Waals surface area contributed by atoms with Crippen molar-refractivity contribution in [3.05, 3.63) is 59.2 Å². The number of thioether (sulfide) groups is 1. The van der Waals surface area contributed by atoms with Crippen molar-refractivity contribution in [3.8, 4) is 0 Å². The summed E-state index contributed by atoms with van der Waals surface area (Å²) < 4.78 is 9.63. The average molecular weight is 416 g/mol. The molecule has 2 amide bonds. The maximum Gasteiger partial charge on any atom is 0.337 e. The number of amides is 2. The van der Waals surface area contributed by atoms with Gasteiger partial charge in [-0.15, -0.1) is 11.8 Å². The summed E-state index contributed by atoms with van der Waals surface area (Å²) in [5.74, 6) is -0.747. The van der Waals surface area contributed by atoms with E-state index in [0.29, 0.717) is 34.9 Å². The minimum absolute atomic E-state index is 0.135. The van der Waals surface area contributed by atoms with Gasteiger partial charge in [0.25, 0.3) is 5.91 Å². The first-order valence-electron chi connectivity index (χ1n) is 8.94. The second-order valence-corrected chi connectivity index (χ2v) is 7.12. The number of anilines is 1. The fourth-order valence-corrected chi connectivity index (χ4v) is 3.34. The molecule has 7 nitrogen and oxygen atoms in total. The zero-order valence-corrected chi connectivity index (χ0v) is 17.4. The second kappa shape index (κ2) is 11.2. The number of methoxy groups -OCH3 is 2. The van der Waals surface area contributed by atoms with Gasteiger partial charge in [-0.05, 0) is 36.8 Å². The lowest BCUT2D eigenvalue weighted by Crippen LogP contribution is -2.28. The fraction of sp³-hybridized carbons (Fsp3) is 0.286. The van der Waals surface area contributed by atoms with E-state index in [2.05, 4.69) is 10.6 Å². The molecule has 2 N–H and O–H groups in total. The molecular formula is C21H24N2O5S. The summed E-state index contributed by atoms with van der Waals surface area (Å²) in [6, 6.07) is 12.0. The van der Waals surface area contributed by atoms with E-state index in [1.165, 1.54) is 18.9 Å². The molecule has 0 bridgehead atoms. The van der Waals surface area contributed by atoms with Crippen molar-refractivity contribution < 1.29 is 23.9 Å². The lowest BCUT2D eigenvalue weighted by molar-refractivity contribution is -0.118. The molecule has 0 aromatic heterocycles. The summed E-state index contributed by atoms with van der Waals surface area (Å²) >= 11 is 1.28. The van der Waals surface area contributed by atoms with Crippen LogP contribution in [0.4, 0.5) is 5.69 Å². The summed E-state index contributed by atoms with van der Waals surface area (Å²) in [5.41, 5.74) is 2.14. The van der Waals surface area contributed by atoms with Gasteiger partial charge in [-0.1, -0.05) is 18.2 Å². The van der Waals surface area contributed by atoms with E-state index in [1.54, 1.807) is 43.5 Å². The van der Waals surface area contributed by atoms with Crippen LogP contribution >= 0.6 is 11.8 Å². The number of ether oxygens (including phenoxy) is 2. The zero-order valence-electron chi connectivity index (χ0n) is 16.6. The molecule has 0 atom stereocenters. The SMILES string of the molecule is COCCNC(=O)CSc1ccccc1C(=O)Nc1cc(C(=O)OC)ccc1C. The van der Waals surface area contributed by atoms with E-state index in [0.717, 1.165) is 5.56 Å². The molecule has 0 aliphatic heterocycles. The quantitative estimate of drug-likeness (QED) is 0.371. The van der Waals surface area contributed by atoms with E-state index in [9.17, 15) is 14.4 Å². The molecule has 0 aliphatic carbocycles. The highest BCUT2D eigenvalue weighted by Gasteiger charge is 2.15. The highest BCUT2D eigenvalue weighted by molar-refractivity contribution is 8.00. The molecule has 8 heteroatoms. The summed E-state index contributed by atoms with van der Waals surface area (Å²) in [6.45, 7) is 2.72. The van der Waals surface area contributed by atoms with E-state index < -0.39 is 5.97 Å². The Labute approximate surface area is 174 Å². The van der Waals surface area contributed by atoms with Crippen molar-refractivity contribution in [1.29, 1.82) is 0 Å². The van der Waals surface area contributed by atoms with Crippen LogP contribution in [0.2, 0.25) is 0 Å². The number of hydrogen-bond acceptors (Lipinski definition) is 6. The van der Waals surface area contributed by atoms with E-state index in [1.807, 2.05) is 13.0 Å². The normalized spacial score (nSPS) is 10.3. The van der Waals surface area contributed by atoms with E-state index in [4.69, 9.17) is 9.47 Å². The van der Waals surface area contributed by atoms with Gasteiger partial charge >= 0.3 is 5.97 Å². The molecule has 2 aromatic rings. The number of benzene rings is 2. The van der Waals surface area contributed by atoms with Crippen LogP contribution in [-0.4, -0.2) is 50.9 Å². The highest BCUT2D eigenvalue weighted by Crippen LogP contribution is 2.25. The Morgan fingerprint density at radius 2 is 1.83 bits per heavy atom. The average Bonchev–Trinajstić information content (AvgIpc) is 2.73. The minimum atomic E-state index is -0.476. The summed E-state index contributed by atoms with van der Waals surface area (Å²) in [5, 5.41) is 5.58. The Balaban J connectivity index is 2.10. The van der Waals surface area contributed by atoms with Crippen LogP contribution < -0.4 is 10.6 Å². The van der Waals surface area contributed by atoms with Crippen molar-refractivity contribution in [1.82, 2.24) is 5.32 Å². The minimum Gasteiger partial charge on any atom is -0.465 e. The van der Waals surface area contributed by atoms with Crippen LogP contribution in [0.25, 0.3) is 0 Å². The third-order valence-electron chi connectivity index (χ3n) is 4.03. The lowest BCUT2D eigenvalue weighted by Gasteiger charge is -2.12. The first-order chi connectivity index (χ1) is 14.0. The first kappa shape index (κ1) is 22.4. The third kappa shape index (κ3) is 6.62. The van der Waals surface area contributed by atoms with Crippen molar-refractivity contribution in [3.63, 3.8) is 0 Å². The number of nitrogens with one attached hydrogen (secondary N) is 2. The number of aryl methyl sites for hydroxylation is 1. The predicted molar refractivity (Wildman–Crippen MR) is 113 cm³/mol. The van der Waals surface area contributed by atoms with Crippen LogP contribution in [0.5, 0.6) is 0 Å². The molecule has 0 saturated heterocycles. The van der Waals surface area contributed by atoms with Gasteiger partial charge in [0.2, 0.25) is 5.91 Å². The van der Waals surface area contributed by atoms with E-state index >= 15 is 0 Å². The van der Waals surface area contributed by atoms with Gasteiger partial charge < -0.3 is 20.1 Å². The molecule has 0 fully saturated rings. The van der Waals surface area contributed by atoms with Crippen molar-refractivity contribution in [2.24, 2.45) is 0 Å². The molecule has 0 radical (unpaired) electrons. The Hall–Kier alpha value is -2.84. The Morgan fingerprint density at radius 3 is 2.55 bits per heavy atom. The van der Waals surface area contributed by atoms with Crippen LogP contribution in [0.1, 0.15) is 26.3 Å².